The molecular formula is C19H34IN3O2. The highest BCUT2D eigenvalue weighted by Crippen LogP contribution is 2.11. The third-order valence-corrected chi connectivity index (χ3v) is 3.67. The Hall–Kier alpha value is -1.02. The molecule has 0 saturated carbocycles. The number of benzene rings is 1. The van der Waals surface area contributed by atoms with E-state index in [9.17, 15) is 0 Å². The van der Waals surface area contributed by atoms with Gasteiger partial charge < -0.3 is 20.1 Å². The van der Waals surface area contributed by atoms with Gasteiger partial charge in [-0.2, -0.15) is 0 Å². The summed E-state index contributed by atoms with van der Waals surface area (Å²) in [6, 6.07) is 8.16. The minimum absolute atomic E-state index is 0. The highest BCUT2D eigenvalue weighted by atomic mass is 127. The van der Waals surface area contributed by atoms with Crippen LogP contribution in [0.3, 0.4) is 0 Å². The van der Waals surface area contributed by atoms with Gasteiger partial charge in [-0.15, -0.1) is 24.0 Å². The molecule has 2 N–H and O–H groups in total. The molecule has 0 heterocycles. The van der Waals surface area contributed by atoms with E-state index in [0.29, 0.717) is 6.54 Å². The molecule has 1 aromatic rings. The lowest BCUT2D eigenvalue weighted by molar-refractivity contribution is 0.0310. The quantitative estimate of drug-likeness (QED) is 0.240. The Labute approximate surface area is 170 Å². The van der Waals surface area contributed by atoms with Gasteiger partial charge >= 0.3 is 0 Å². The summed E-state index contributed by atoms with van der Waals surface area (Å²) in [6.45, 7) is 11.3. The zero-order valence-corrected chi connectivity index (χ0v) is 18.6. The van der Waals surface area contributed by atoms with Gasteiger partial charge in [0.15, 0.2) is 5.96 Å². The Morgan fingerprint density at radius 3 is 2.40 bits per heavy atom. The first kappa shape index (κ1) is 24.0. The summed E-state index contributed by atoms with van der Waals surface area (Å²) in [7, 11) is 1.71. The maximum absolute atomic E-state index is 5.73. The molecule has 1 rings (SSSR count). The molecule has 0 atom stereocenters. The Balaban J connectivity index is 0.00000576. The molecular weight excluding hydrogens is 429 g/mol. The van der Waals surface area contributed by atoms with Crippen molar-refractivity contribution in [3.63, 3.8) is 0 Å². The lowest BCUT2D eigenvalue weighted by Gasteiger charge is -2.21. The van der Waals surface area contributed by atoms with Crippen LogP contribution < -0.4 is 15.4 Å². The van der Waals surface area contributed by atoms with E-state index in [1.54, 1.807) is 7.11 Å². The van der Waals surface area contributed by atoms with Crippen LogP contribution in [0.5, 0.6) is 5.75 Å². The minimum atomic E-state index is -0.246. The molecule has 0 saturated heterocycles. The van der Waals surface area contributed by atoms with Crippen molar-refractivity contribution in [1.82, 2.24) is 10.6 Å². The number of hydrogen-bond acceptors (Lipinski definition) is 3. The van der Waals surface area contributed by atoms with E-state index in [4.69, 9.17) is 9.47 Å². The van der Waals surface area contributed by atoms with Gasteiger partial charge in [0, 0.05) is 20.2 Å². The molecule has 0 unspecified atom stereocenters. The van der Waals surface area contributed by atoms with Crippen molar-refractivity contribution in [3.8, 4) is 5.75 Å². The largest absolute Gasteiger partial charge is 0.494 e. The normalized spacial score (nSPS) is 11.6. The number of aryl methyl sites for hydroxylation is 1. The van der Waals surface area contributed by atoms with E-state index >= 15 is 0 Å². The van der Waals surface area contributed by atoms with Crippen LogP contribution in [0.4, 0.5) is 0 Å². The van der Waals surface area contributed by atoms with Crippen molar-refractivity contribution >= 4 is 29.9 Å². The van der Waals surface area contributed by atoms with Crippen molar-refractivity contribution in [2.24, 2.45) is 4.99 Å². The zero-order chi connectivity index (χ0) is 17.8. The molecule has 144 valence electrons. The van der Waals surface area contributed by atoms with E-state index in [1.807, 2.05) is 26.0 Å². The van der Waals surface area contributed by atoms with Crippen molar-refractivity contribution in [1.29, 1.82) is 0 Å². The van der Waals surface area contributed by atoms with Crippen molar-refractivity contribution in [2.75, 3.05) is 33.4 Å². The topological polar surface area (TPSA) is 54.9 Å². The third kappa shape index (κ3) is 11.3. The molecule has 6 heteroatoms. The molecule has 0 fully saturated rings. The van der Waals surface area contributed by atoms with Crippen LogP contribution in [0.1, 0.15) is 39.2 Å². The van der Waals surface area contributed by atoms with E-state index in [-0.39, 0.29) is 29.6 Å². The first-order chi connectivity index (χ1) is 11.5. The molecule has 0 amide bonds. The standard InChI is InChI=1S/C19H33N3O2.HI/c1-6-20-18(22-15-19(3,4)23-5)21-13-7-8-14-24-17-11-9-16(2)10-12-17;/h9-12H,6-8,13-15H2,1-5H3,(H2,20,21,22);1H. The lowest BCUT2D eigenvalue weighted by atomic mass is 10.1. The van der Waals surface area contributed by atoms with Crippen molar-refractivity contribution < 1.29 is 9.47 Å². The summed E-state index contributed by atoms with van der Waals surface area (Å²) in [6.07, 6.45) is 2.04. The highest BCUT2D eigenvalue weighted by Gasteiger charge is 2.15. The molecule has 5 nitrogen and oxygen atoms in total. The average molecular weight is 463 g/mol. The summed E-state index contributed by atoms with van der Waals surface area (Å²) in [4.78, 5) is 4.57. The molecule has 0 radical (unpaired) electrons. The molecule has 0 aliphatic carbocycles. The van der Waals surface area contributed by atoms with Gasteiger partial charge in [0.25, 0.3) is 0 Å². The molecule has 0 aliphatic heterocycles. The molecule has 0 aliphatic rings. The predicted octanol–water partition coefficient (Wildman–Crippen LogP) is 3.75. The number of guanidine groups is 1. The second-order valence-electron chi connectivity index (χ2n) is 6.45. The first-order valence-electron chi connectivity index (χ1n) is 8.73. The maximum Gasteiger partial charge on any atom is 0.191 e. The Morgan fingerprint density at radius 2 is 1.80 bits per heavy atom. The van der Waals surface area contributed by atoms with E-state index in [1.165, 1.54) is 5.56 Å². The van der Waals surface area contributed by atoms with Crippen molar-refractivity contribution in [3.05, 3.63) is 29.8 Å². The van der Waals surface area contributed by atoms with Gasteiger partial charge in [-0.3, -0.25) is 4.99 Å². The van der Waals surface area contributed by atoms with Gasteiger partial charge in [0.1, 0.15) is 5.75 Å². The third-order valence-electron chi connectivity index (χ3n) is 3.67. The number of rotatable bonds is 10. The van der Waals surface area contributed by atoms with Gasteiger partial charge in [0.05, 0.1) is 18.8 Å². The Morgan fingerprint density at radius 1 is 1.12 bits per heavy atom. The summed E-state index contributed by atoms with van der Waals surface area (Å²) < 4.78 is 11.1. The van der Waals surface area contributed by atoms with Crippen LogP contribution in [-0.2, 0) is 4.74 Å². The summed E-state index contributed by atoms with van der Waals surface area (Å²) in [5, 5.41) is 6.60. The number of aliphatic imine (C=N–C) groups is 1. The van der Waals surface area contributed by atoms with Crippen LogP contribution in [0.25, 0.3) is 0 Å². The smallest absolute Gasteiger partial charge is 0.191 e. The Bertz CT molecular complexity index is 490. The fourth-order valence-corrected chi connectivity index (χ4v) is 1.93. The number of halogens is 1. The number of unbranched alkanes of at least 4 members (excludes halogenated alkanes) is 1. The average Bonchev–Trinajstić information content (AvgIpc) is 2.57. The molecule has 1 aromatic carbocycles. The van der Waals surface area contributed by atoms with Crippen LogP contribution >= 0.6 is 24.0 Å². The van der Waals surface area contributed by atoms with Gasteiger partial charge in [-0.25, -0.2) is 0 Å². The van der Waals surface area contributed by atoms with Crippen LogP contribution in [0, 0.1) is 6.92 Å². The second-order valence-corrected chi connectivity index (χ2v) is 6.45. The minimum Gasteiger partial charge on any atom is -0.494 e. The number of nitrogens with one attached hydrogen (secondary N) is 2. The van der Waals surface area contributed by atoms with Gasteiger partial charge in [0.2, 0.25) is 0 Å². The maximum atomic E-state index is 5.73. The Kier molecular flexibility index (Phi) is 12.7. The number of nitrogens with zero attached hydrogens (tertiary/aromatic N) is 1. The SMILES string of the molecule is CCNC(=NCC(C)(C)OC)NCCCCOc1ccc(C)cc1.I. The van der Waals surface area contributed by atoms with Crippen LogP contribution in [0.15, 0.2) is 29.3 Å². The molecule has 0 bridgehead atoms. The first-order valence-corrected chi connectivity index (χ1v) is 8.73. The van der Waals surface area contributed by atoms with E-state index in [0.717, 1.165) is 44.2 Å². The summed E-state index contributed by atoms with van der Waals surface area (Å²) >= 11 is 0. The zero-order valence-electron chi connectivity index (χ0n) is 16.2. The monoisotopic (exact) mass is 463 g/mol. The summed E-state index contributed by atoms with van der Waals surface area (Å²) in [5.74, 6) is 1.77. The fourth-order valence-electron chi connectivity index (χ4n) is 1.93. The van der Waals surface area contributed by atoms with Gasteiger partial charge in [-0.05, 0) is 52.7 Å². The summed E-state index contributed by atoms with van der Waals surface area (Å²) in [5.41, 5.74) is 1.00. The van der Waals surface area contributed by atoms with Crippen molar-refractivity contribution in [2.45, 2.75) is 46.1 Å². The lowest BCUT2D eigenvalue weighted by Crippen LogP contribution is -2.39. The number of hydrogen-bond donors (Lipinski definition) is 2. The molecule has 0 spiro atoms. The molecule has 0 aromatic heterocycles. The van der Waals surface area contributed by atoms with E-state index in [2.05, 4.69) is 41.6 Å². The molecule has 25 heavy (non-hydrogen) atoms. The predicted molar refractivity (Wildman–Crippen MR) is 116 cm³/mol. The second kappa shape index (κ2) is 13.2. The van der Waals surface area contributed by atoms with Gasteiger partial charge in [-0.1, -0.05) is 17.7 Å². The fraction of sp³-hybridized carbons (Fsp3) is 0.632. The number of methoxy groups -OCH3 is 1. The highest BCUT2D eigenvalue weighted by molar-refractivity contribution is 14.0. The number of ether oxygens (including phenoxy) is 2. The van der Waals surface area contributed by atoms with Crippen LogP contribution in [0.2, 0.25) is 0 Å². The van der Waals surface area contributed by atoms with Crippen LogP contribution in [-0.4, -0.2) is 44.9 Å². The van der Waals surface area contributed by atoms with E-state index < -0.39 is 0 Å².